The van der Waals surface area contributed by atoms with Gasteiger partial charge in [-0.2, -0.15) is 5.10 Å². The zero-order valence-electron chi connectivity index (χ0n) is 15.6. The van der Waals surface area contributed by atoms with Gasteiger partial charge in [0, 0.05) is 50.0 Å². The highest BCUT2D eigenvalue weighted by Gasteiger charge is 2.41. The molecular formula is C19H23N5O2S. The summed E-state index contributed by atoms with van der Waals surface area (Å²) < 4.78 is 28.4. The van der Waals surface area contributed by atoms with E-state index in [9.17, 15) is 8.42 Å². The number of benzene rings is 1. The average Bonchev–Trinajstić information content (AvgIpc) is 3.03. The fourth-order valence-corrected chi connectivity index (χ4v) is 4.93. The van der Waals surface area contributed by atoms with Crippen LogP contribution in [0.2, 0.25) is 0 Å². The molecule has 1 aliphatic rings. The molecule has 3 aromatic rings. The third kappa shape index (κ3) is 3.19. The minimum atomic E-state index is -3.27. The van der Waals surface area contributed by atoms with E-state index in [1.165, 1.54) is 4.31 Å². The molecule has 0 radical (unpaired) electrons. The molecule has 0 aliphatic carbocycles. The first-order chi connectivity index (χ1) is 12.9. The van der Waals surface area contributed by atoms with Gasteiger partial charge in [0.2, 0.25) is 10.0 Å². The van der Waals surface area contributed by atoms with Crippen LogP contribution in [0.3, 0.4) is 0 Å². The lowest BCUT2D eigenvalue weighted by Crippen LogP contribution is -2.58. The first kappa shape index (κ1) is 17.9. The summed E-state index contributed by atoms with van der Waals surface area (Å²) >= 11 is 0. The molecule has 1 aliphatic heterocycles. The summed E-state index contributed by atoms with van der Waals surface area (Å²) in [6, 6.07) is 11.8. The topological polar surface area (TPSA) is 71.3 Å². The zero-order chi connectivity index (χ0) is 19.2. The van der Waals surface area contributed by atoms with Gasteiger partial charge >= 0.3 is 0 Å². The Morgan fingerprint density at radius 3 is 2.56 bits per heavy atom. The lowest BCUT2D eigenvalue weighted by Gasteiger charge is -2.41. The van der Waals surface area contributed by atoms with Crippen molar-refractivity contribution < 1.29 is 8.42 Å². The second-order valence-corrected chi connectivity index (χ2v) is 9.47. The number of nitrogens with zero attached hydrogens (tertiary/aromatic N) is 5. The van der Waals surface area contributed by atoms with E-state index in [1.807, 2.05) is 66.0 Å². The predicted octanol–water partition coefficient (Wildman–Crippen LogP) is 2.28. The van der Waals surface area contributed by atoms with Crippen LogP contribution >= 0.6 is 0 Å². The quantitative estimate of drug-likeness (QED) is 0.674. The van der Waals surface area contributed by atoms with Gasteiger partial charge < -0.3 is 4.90 Å². The fraction of sp³-hybridized carbons (Fsp3) is 0.368. The Hall–Kier alpha value is -2.45. The van der Waals surface area contributed by atoms with Gasteiger partial charge in [-0.15, -0.1) is 0 Å². The Morgan fingerprint density at radius 2 is 1.89 bits per heavy atom. The second-order valence-electron chi connectivity index (χ2n) is 7.19. The molecule has 0 amide bonds. The monoisotopic (exact) mass is 385 g/mol. The maximum absolute atomic E-state index is 12.6. The second kappa shape index (κ2) is 6.61. The van der Waals surface area contributed by atoms with Crippen molar-refractivity contribution in [3.63, 3.8) is 0 Å². The number of sulfonamides is 1. The molecule has 0 atom stereocenters. The van der Waals surface area contributed by atoms with Crippen LogP contribution < -0.4 is 4.90 Å². The van der Waals surface area contributed by atoms with E-state index in [0.717, 1.165) is 22.4 Å². The summed E-state index contributed by atoms with van der Waals surface area (Å²) in [7, 11) is -1.63. The first-order valence-corrected chi connectivity index (χ1v) is 10.5. The molecule has 3 heterocycles. The highest BCUT2D eigenvalue weighted by Crippen LogP contribution is 2.27. The van der Waals surface area contributed by atoms with E-state index in [2.05, 4.69) is 10.1 Å². The van der Waals surface area contributed by atoms with E-state index in [4.69, 9.17) is 0 Å². The summed E-state index contributed by atoms with van der Waals surface area (Å²) in [6.45, 7) is 4.67. The molecule has 1 fully saturated rings. The Labute approximate surface area is 159 Å². The average molecular weight is 385 g/mol. The number of rotatable bonds is 5. The number of anilines is 1. The van der Waals surface area contributed by atoms with Crippen molar-refractivity contribution in [3.05, 3.63) is 48.8 Å². The van der Waals surface area contributed by atoms with Gasteiger partial charge in [-0.1, -0.05) is 18.2 Å². The van der Waals surface area contributed by atoms with Gasteiger partial charge in [0.15, 0.2) is 0 Å². The fourth-order valence-electron chi connectivity index (χ4n) is 3.14. The van der Waals surface area contributed by atoms with Crippen molar-refractivity contribution in [2.24, 2.45) is 0 Å². The lowest BCUT2D eigenvalue weighted by atomic mass is 10.2. The number of hydrogen-bond acceptors (Lipinski definition) is 5. The molecule has 1 saturated heterocycles. The number of hydrogen-bond donors (Lipinski definition) is 0. The van der Waals surface area contributed by atoms with Crippen molar-refractivity contribution in [1.82, 2.24) is 19.1 Å². The highest BCUT2D eigenvalue weighted by molar-refractivity contribution is 7.89. The smallest absolute Gasteiger partial charge is 0.220 e. The van der Waals surface area contributed by atoms with Gasteiger partial charge in [-0.3, -0.25) is 0 Å². The van der Waals surface area contributed by atoms with Gasteiger partial charge in [-0.25, -0.2) is 22.4 Å². The van der Waals surface area contributed by atoms with Crippen molar-refractivity contribution in [2.75, 3.05) is 25.0 Å². The van der Waals surface area contributed by atoms with Crippen LogP contribution in [0.4, 0.5) is 5.82 Å². The van der Waals surface area contributed by atoms with E-state index in [0.29, 0.717) is 13.1 Å². The highest BCUT2D eigenvalue weighted by atomic mass is 32.2. The SMILES string of the molecule is CC(C)N(C)S(=O)(=O)C1CN(c2cc3nn(-c4ccccc4)cc3cn2)C1. The summed E-state index contributed by atoms with van der Waals surface area (Å²) in [6.07, 6.45) is 3.74. The molecule has 142 valence electrons. The van der Waals surface area contributed by atoms with Crippen LogP contribution in [0.5, 0.6) is 0 Å². The maximum Gasteiger partial charge on any atom is 0.220 e. The van der Waals surface area contributed by atoms with Crippen LogP contribution in [0.15, 0.2) is 48.8 Å². The van der Waals surface area contributed by atoms with Crippen molar-refractivity contribution >= 4 is 26.7 Å². The van der Waals surface area contributed by atoms with Crippen molar-refractivity contribution in [3.8, 4) is 5.69 Å². The van der Waals surface area contributed by atoms with Crippen molar-refractivity contribution in [1.29, 1.82) is 0 Å². The summed E-state index contributed by atoms with van der Waals surface area (Å²) in [5.74, 6) is 0.763. The van der Waals surface area contributed by atoms with Gasteiger partial charge in [-0.05, 0) is 26.0 Å². The molecule has 27 heavy (non-hydrogen) atoms. The van der Waals surface area contributed by atoms with Gasteiger partial charge in [0.25, 0.3) is 0 Å². The Balaban J connectivity index is 1.53. The molecule has 1 aromatic carbocycles. The summed E-state index contributed by atoms with van der Waals surface area (Å²) in [5, 5.41) is 5.19. The van der Waals surface area contributed by atoms with E-state index >= 15 is 0 Å². The third-order valence-corrected chi connectivity index (χ3v) is 7.48. The van der Waals surface area contributed by atoms with Crippen LogP contribution in [0.25, 0.3) is 16.6 Å². The van der Waals surface area contributed by atoms with Crippen LogP contribution in [0, 0.1) is 0 Å². The third-order valence-electron chi connectivity index (χ3n) is 5.12. The number of fused-ring (bicyclic) bond motifs is 1. The van der Waals surface area contributed by atoms with Crippen LogP contribution in [-0.2, 0) is 10.0 Å². The molecule has 8 heteroatoms. The van der Waals surface area contributed by atoms with Crippen LogP contribution in [0.1, 0.15) is 13.8 Å². The molecule has 0 spiro atoms. The molecule has 0 unspecified atom stereocenters. The minimum absolute atomic E-state index is 0.0412. The van der Waals surface area contributed by atoms with E-state index < -0.39 is 10.0 Å². The molecule has 0 bridgehead atoms. The van der Waals surface area contributed by atoms with Crippen LogP contribution in [-0.4, -0.2) is 58.9 Å². The number of aromatic nitrogens is 3. The molecule has 4 rings (SSSR count). The Kier molecular flexibility index (Phi) is 4.39. The normalized spacial score (nSPS) is 15.7. The lowest BCUT2D eigenvalue weighted by molar-refractivity contribution is 0.394. The Morgan fingerprint density at radius 1 is 1.19 bits per heavy atom. The minimum Gasteiger partial charge on any atom is -0.354 e. The first-order valence-electron chi connectivity index (χ1n) is 8.99. The maximum atomic E-state index is 12.6. The van der Waals surface area contributed by atoms with Crippen molar-refractivity contribution in [2.45, 2.75) is 25.1 Å². The standard InChI is InChI=1S/C19H23N5O2S/c1-14(2)22(3)27(25,26)17-12-23(13-17)19-9-18-15(10-20-19)11-24(21-18)16-7-5-4-6-8-16/h4-11,14,17H,12-13H2,1-3H3. The number of pyridine rings is 1. The summed E-state index contributed by atoms with van der Waals surface area (Å²) in [5.41, 5.74) is 1.83. The van der Waals surface area contributed by atoms with E-state index in [-0.39, 0.29) is 11.3 Å². The predicted molar refractivity (Wildman–Crippen MR) is 107 cm³/mol. The zero-order valence-corrected chi connectivity index (χ0v) is 16.5. The van der Waals surface area contributed by atoms with Gasteiger partial charge in [0.05, 0.1) is 11.2 Å². The summed E-state index contributed by atoms with van der Waals surface area (Å²) in [4.78, 5) is 6.48. The van der Waals surface area contributed by atoms with E-state index in [1.54, 1.807) is 13.2 Å². The Bertz CT molecular complexity index is 1060. The largest absolute Gasteiger partial charge is 0.354 e. The number of para-hydroxylation sites is 1. The molecule has 2 aromatic heterocycles. The molecule has 7 nitrogen and oxygen atoms in total. The van der Waals surface area contributed by atoms with Gasteiger partial charge in [0.1, 0.15) is 11.1 Å². The molecule has 0 N–H and O–H groups in total. The molecular weight excluding hydrogens is 362 g/mol. The molecule has 0 saturated carbocycles.